The summed E-state index contributed by atoms with van der Waals surface area (Å²) in [6, 6.07) is -0.614. The van der Waals surface area contributed by atoms with Gasteiger partial charge in [-0.25, -0.2) is 19.0 Å². The maximum atomic E-state index is 13.3. The van der Waals surface area contributed by atoms with E-state index in [1.165, 1.54) is 26.7 Å². The number of aliphatic hydroxyl groups is 5. The van der Waals surface area contributed by atoms with Gasteiger partial charge >= 0.3 is 15.6 Å². The molecule has 16 atom stereocenters. The normalized spacial score (nSPS) is 27.6. The highest BCUT2D eigenvalue weighted by Crippen LogP contribution is 2.63. The van der Waals surface area contributed by atoms with E-state index in [-0.39, 0.29) is 38.3 Å². The quantitative estimate of drug-likeness (QED) is 0.0297. The number of aliphatic hydroxyl groups excluding tert-OH is 5. The molecule has 0 saturated carbocycles. The maximum absolute atomic E-state index is 13.3. The first-order chi connectivity index (χ1) is 34.3. The lowest BCUT2D eigenvalue weighted by Gasteiger charge is -2.50. The number of rotatable bonds is 28. The van der Waals surface area contributed by atoms with Gasteiger partial charge in [0.1, 0.15) is 30.3 Å². The van der Waals surface area contributed by atoms with Gasteiger partial charge in [0, 0.05) is 62.7 Å². The molecule has 3 heterocycles. The molecule has 24 heteroatoms. The maximum Gasteiger partial charge on any atom is 0.481 e. The van der Waals surface area contributed by atoms with Crippen LogP contribution < -0.4 is 5.32 Å². The number of nitrogens with one attached hydrogen (secondary N) is 1. The van der Waals surface area contributed by atoms with Gasteiger partial charge in [0.05, 0.1) is 49.7 Å². The summed E-state index contributed by atoms with van der Waals surface area (Å²) in [5, 5.41) is 58.5. The number of likely N-dealkylation sites (N-methyl/N-ethyl adjacent to an activating group) is 1. The Bertz CT molecular complexity index is 2270. The van der Waals surface area contributed by atoms with Crippen molar-refractivity contribution in [2.45, 2.75) is 161 Å². The molecule has 0 radical (unpaired) electrons. The Morgan fingerprint density at radius 1 is 1.05 bits per heavy atom. The number of ether oxygens (including phenoxy) is 4. The summed E-state index contributed by atoms with van der Waals surface area (Å²) in [7, 11) is -4.98. The van der Waals surface area contributed by atoms with E-state index in [0.29, 0.717) is 18.0 Å². The molecular weight excluding hydrogens is 1010 g/mol. The SMILES string of the molecule is [C-]#[N+]\C=C(C)/C=C/C=C(C)/C(C)=C/[C@@H](C)[C@@H](O)[C@@H](C)[C@@H](O)C[C@H](OC)[C@H]1OC2(C[C@@H](O)[C@H](C)[C@H](C/C=C/c3coc([C@@H](C)CCNC(=O)[C@@H](O)[C@@H](O)[C@H](COC)N(C)C)n3)O2)C(C)(C)[C@H]1OP(=O)(O)OP(=O)(O)O. The van der Waals surface area contributed by atoms with Crippen molar-refractivity contribution < 1.29 is 86.3 Å². The number of hydrogen-bond acceptors (Lipinski definition) is 17. The van der Waals surface area contributed by atoms with Crippen molar-refractivity contribution >= 4 is 27.6 Å². The third-order valence-electron chi connectivity index (χ3n) is 14.2. The first-order valence-electron chi connectivity index (χ1n) is 24.5. The summed E-state index contributed by atoms with van der Waals surface area (Å²) in [5.74, 6) is -4.12. The van der Waals surface area contributed by atoms with Gasteiger partial charge in [-0.3, -0.25) is 9.32 Å². The zero-order chi connectivity index (χ0) is 56.1. The van der Waals surface area contributed by atoms with Gasteiger partial charge < -0.3 is 73.8 Å². The van der Waals surface area contributed by atoms with Gasteiger partial charge in [-0.05, 0) is 52.4 Å². The Balaban J connectivity index is 1.82. The third-order valence-corrected chi connectivity index (χ3v) is 16.4. The summed E-state index contributed by atoms with van der Waals surface area (Å²) in [4.78, 5) is 51.9. The second-order valence-corrected chi connectivity index (χ2v) is 23.2. The Morgan fingerprint density at radius 2 is 1.72 bits per heavy atom. The highest BCUT2D eigenvalue weighted by molar-refractivity contribution is 7.60. The monoisotopic (exact) mass is 1090 g/mol. The first kappa shape index (κ1) is 65.0. The number of phosphoric ester groups is 1. The van der Waals surface area contributed by atoms with Gasteiger partial charge in [-0.1, -0.05) is 90.0 Å². The van der Waals surface area contributed by atoms with Gasteiger partial charge in [-0.15, -0.1) is 0 Å². The molecule has 1 spiro atoms. The van der Waals surface area contributed by atoms with Crippen LogP contribution in [-0.4, -0.2) is 164 Å². The topological polar surface area (TPSA) is 314 Å². The summed E-state index contributed by atoms with van der Waals surface area (Å²) < 4.78 is 65.1. The first-order valence-corrected chi connectivity index (χ1v) is 27.6. The molecule has 420 valence electrons. The van der Waals surface area contributed by atoms with E-state index in [4.69, 9.17) is 34.5 Å². The lowest BCUT2D eigenvalue weighted by atomic mass is 9.72. The molecule has 1 amide bonds. The molecular formula is C50H82N4O18P2. The molecule has 22 nitrogen and oxygen atoms in total. The highest BCUT2D eigenvalue weighted by Gasteiger charge is 2.68. The molecule has 3 rings (SSSR count). The fraction of sp³-hybridized carbons (Fsp3) is 0.700. The summed E-state index contributed by atoms with van der Waals surface area (Å²) in [6.07, 6.45) is 2.49. The van der Waals surface area contributed by atoms with Crippen LogP contribution in [0.1, 0.15) is 105 Å². The lowest BCUT2D eigenvalue weighted by molar-refractivity contribution is -0.334. The number of methoxy groups -OCH3 is 2. The summed E-state index contributed by atoms with van der Waals surface area (Å²) in [5.41, 5.74) is 1.54. The second-order valence-electron chi connectivity index (χ2n) is 20.4. The minimum Gasteiger partial charge on any atom is -0.448 e. The molecule has 0 aromatic carbocycles. The van der Waals surface area contributed by atoms with Crippen LogP contribution in [0.3, 0.4) is 0 Å². The van der Waals surface area contributed by atoms with Gasteiger partial charge in [0.25, 0.3) is 5.91 Å². The van der Waals surface area contributed by atoms with E-state index < -0.39 is 111 Å². The molecule has 0 aliphatic carbocycles. The van der Waals surface area contributed by atoms with E-state index in [2.05, 4.69) is 19.5 Å². The molecule has 1 aromatic rings. The molecule has 74 heavy (non-hydrogen) atoms. The Hall–Kier alpha value is -3.27. The van der Waals surface area contributed by atoms with Crippen LogP contribution in [-0.2, 0) is 41.7 Å². The molecule has 2 aliphatic heterocycles. The van der Waals surface area contributed by atoms with Crippen LogP contribution in [0.25, 0.3) is 10.9 Å². The molecule has 2 fully saturated rings. The van der Waals surface area contributed by atoms with E-state index in [0.717, 1.165) is 16.7 Å². The number of oxazole rings is 1. The minimum atomic E-state index is -5.58. The van der Waals surface area contributed by atoms with E-state index in [1.54, 1.807) is 71.8 Å². The zero-order valence-corrected chi connectivity index (χ0v) is 46.6. The number of amides is 1. The Labute approximate surface area is 435 Å². The van der Waals surface area contributed by atoms with Gasteiger partial charge in [0.15, 0.2) is 24.0 Å². The average molecular weight is 1090 g/mol. The number of nitrogens with zero attached hydrogens (tertiary/aromatic N) is 3. The molecule has 9 N–H and O–H groups in total. The number of carbonyl (C=O) groups is 1. The van der Waals surface area contributed by atoms with Crippen molar-refractivity contribution in [1.82, 2.24) is 15.2 Å². The predicted octanol–water partition coefficient (Wildman–Crippen LogP) is 5.16. The third kappa shape index (κ3) is 17.9. The summed E-state index contributed by atoms with van der Waals surface area (Å²) in [6.45, 7) is 23.1. The summed E-state index contributed by atoms with van der Waals surface area (Å²) >= 11 is 0. The second kappa shape index (κ2) is 28.4. The van der Waals surface area contributed by atoms with E-state index >= 15 is 0 Å². The number of hydrogen-bond donors (Lipinski definition) is 9. The Morgan fingerprint density at radius 3 is 2.31 bits per heavy atom. The van der Waals surface area contributed by atoms with Crippen LogP contribution in [0.2, 0.25) is 0 Å². The van der Waals surface area contributed by atoms with Gasteiger partial charge in [0.2, 0.25) is 0 Å². The molecule has 2 unspecified atom stereocenters. The molecule has 0 bridgehead atoms. The predicted molar refractivity (Wildman–Crippen MR) is 274 cm³/mol. The smallest absolute Gasteiger partial charge is 0.448 e. The van der Waals surface area contributed by atoms with Crippen molar-refractivity contribution in [2.75, 3.05) is 41.5 Å². The van der Waals surface area contributed by atoms with Crippen LogP contribution in [0.5, 0.6) is 0 Å². The van der Waals surface area contributed by atoms with E-state index in [1.807, 2.05) is 45.9 Å². The lowest BCUT2D eigenvalue weighted by Crippen LogP contribution is -2.58. The van der Waals surface area contributed by atoms with Crippen molar-refractivity contribution in [3.63, 3.8) is 0 Å². The average Bonchev–Trinajstić information content (AvgIpc) is 3.86. The number of allylic oxidation sites excluding steroid dienone is 6. The molecule has 2 aliphatic rings. The van der Waals surface area contributed by atoms with Crippen molar-refractivity contribution in [3.8, 4) is 0 Å². The van der Waals surface area contributed by atoms with Crippen LogP contribution in [0.4, 0.5) is 0 Å². The van der Waals surface area contributed by atoms with Crippen LogP contribution >= 0.6 is 15.6 Å². The van der Waals surface area contributed by atoms with Gasteiger partial charge in [-0.2, -0.15) is 4.31 Å². The van der Waals surface area contributed by atoms with Crippen molar-refractivity contribution in [3.05, 3.63) is 82.6 Å². The molecule has 2 saturated heterocycles. The Kier molecular flexibility index (Phi) is 24.9. The van der Waals surface area contributed by atoms with Crippen LogP contribution in [0, 0.1) is 29.7 Å². The largest absolute Gasteiger partial charge is 0.481 e. The highest BCUT2D eigenvalue weighted by atomic mass is 31.3. The fourth-order valence-electron chi connectivity index (χ4n) is 9.11. The molecule has 1 aromatic heterocycles. The standard InChI is InChI=1S/C50H82N4O18P2/c1-29(26-51-10)17-15-18-30(2)32(4)23-33(5)42(57)35(7)38(55)24-41(67-14)45-46(71-74(64,65)72-73(61,62)63)49(8,9)50(70-45)25-39(56)34(6)40(69-50)20-16-19-36-27-68-48(53-36)31(3)21-22-52-47(60)44(59)43(58)37(28-66-13)54(11)12/h15-19,23,26-27,31,33-35,37-46,55-59H,20-22,24-25,28H2,1-9,11-14H3,(H,52,60)(H,64,65)(H2,61,62,63)/b17-15+,19-16+,29-26-,30-18+,32-23+/t31-,33+,34-,35-,37-,38-,39+,40-,41-,42+,43-,44-,45+,46-,50?/m0/s1. The number of aromatic nitrogens is 1. The number of phosphoric acid groups is 2. The van der Waals surface area contributed by atoms with Crippen molar-refractivity contribution in [1.29, 1.82) is 0 Å². The fourth-order valence-corrected chi connectivity index (χ4v) is 11.0. The zero-order valence-electron chi connectivity index (χ0n) is 44.8. The van der Waals surface area contributed by atoms with Crippen molar-refractivity contribution in [2.24, 2.45) is 23.2 Å². The number of carbonyl (C=O) groups excluding carboxylic acids is 1. The minimum absolute atomic E-state index is 0.104. The van der Waals surface area contributed by atoms with Crippen LogP contribution in [0.15, 0.2) is 64.0 Å². The van der Waals surface area contributed by atoms with E-state index in [9.17, 15) is 54.1 Å².